The lowest BCUT2D eigenvalue weighted by atomic mass is 9.83. The van der Waals surface area contributed by atoms with Crippen molar-refractivity contribution in [1.29, 1.82) is 0 Å². The Labute approximate surface area is 252 Å². The molecule has 0 saturated carbocycles. The van der Waals surface area contributed by atoms with Crippen molar-refractivity contribution in [2.45, 2.75) is 64.6 Å². The van der Waals surface area contributed by atoms with Crippen LogP contribution in [0.3, 0.4) is 0 Å². The van der Waals surface area contributed by atoms with Crippen molar-refractivity contribution in [3.8, 4) is 0 Å². The summed E-state index contributed by atoms with van der Waals surface area (Å²) in [6, 6.07) is -1.57. The van der Waals surface area contributed by atoms with Crippen LogP contribution in [-0.4, -0.2) is 90.4 Å². The number of thiazole rings is 1. The summed E-state index contributed by atoms with van der Waals surface area (Å²) >= 11 is 1.10. The molecule has 0 unspecified atom stereocenters. The summed E-state index contributed by atoms with van der Waals surface area (Å²) < 4.78 is 14.9. The maximum absolute atomic E-state index is 13.1. The van der Waals surface area contributed by atoms with Gasteiger partial charge in [0.2, 0.25) is 0 Å². The number of aliphatic carboxylic acids is 1. The molecule has 0 aromatic carbocycles. The summed E-state index contributed by atoms with van der Waals surface area (Å²) in [6.45, 7) is 10.8. The summed E-state index contributed by atoms with van der Waals surface area (Å²) in [5.41, 5.74) is 4.57. The van der Waals surface area contributed by atoms with E-state index in [0.717, 1.165) is 42.5 Å². The van der Waals surface area contributed by atoms with E-state index in [9.17, 15) is 29.1 Å². The fraction of sp³-hybridized carbons (Fsp3) is 0.556. The molecule has 4 heterocycles. The van der Waals surface area contributed by atoms with E-state index in [0.29, 0.717) is 18.5 Å². The van der Waals surface area contributed by atoms with Gasteiger partial charge in [-0.3, -0.25) is 14.9 Å². The number of rotatable bonds is 8. The molecule has 0 bridgehead atoms. The molecule has 2 atom stereocenters. The number of primary amides is 1. The van der Waals surface area contributed by atoms with Crippen LogP contribution in [0.5, 0.6) is 0 Å². The van der Waals surface area contributed by atoms with Gasteiger partial charge in [0, 0.05) is 5.38 Å². The molecule has 3 aliphatic rings. The van der Waals surface area contributed by atoms with Crippen LogP contribution in [-0.2, 0) is 28.6 Å². The predicted octanol–water partition coefficient (Wildman–Crippen LogP) is -0.548. The highest BCUT2D eigenvalue weighted by Crippen LogP contribution is 2.37. The molecule has 4 rings (SSSR count). The number of carbonyl (C=O) groups is 5. The van der Waals surface area contributed by atoms with E-state index in [1.807, 2.05) is 6.92 Å². The van der Waals surface area contributed by atoms with Gasteiger partial charge in [-0.1, -0.05) is 13.0 Å². The van der Waals surface area contributed by atoms with Gasteiger partial charge in [-0.05, 0) is 45.6 Å². The summed E-state index contributed by atoms with van der Waals surface area (Å²) in [7, 11) is 0. The second-order valence-electron chi connectivity index (χ2n) is 10.8. The third-order valence-electron chi connectivity index (χ3n) is 6.38. The van der Waals surface area contributed by atoms with Gasteiger partial charge < -0.3 is 45.4 Å². The number of nitrogens with one attached hydrogen (secondary N) is 2. The first-order valence-corrected chi connectivity index (χ1v) is 14.7. The number of nitrogens with zero attached hydrogens (tertiary/aromatic N) is 2. The van der Waals surface area contributed by atoms with Crippen molar-refractivity contribution in [3.05, 3.63) is 28.4 Å². The second kappa shape index (κ2) is 14.9. The van der Waals surface area contributed by atoms with Crippen molar-refractivity contribution in [2.24, 2.45) is 5.73 Å². The molecular weight excluding hydrogens is 584 g/mol. The van der Waals surface area contributed by atoms with Gasteiger partial charge in [-0.15, -0.1) is 11.3 Å². The minimum atomic E-state index is -1.59. The molecule has 2 fully saturated rings. The largest absolute Gasteiger partial charge is 0.543 e. The quantitative estimate of drug-likeness (QED) is 0.214. The van der Waals surface area contributed by atoms with Gasteiger partial charge in [0.05, 0.1) is 55.3 Å². The first-order chi connectivity index (χ1) is 20.3. The molecule has 1 aromatic rings. The van der Waals surface area contributed by atoms with Crippen molar-refractivity contribution in [1.82, 2.24) is 15.2 Å². The Morgan fingerprint density at radius 2 is 1.98 bits per heavy atom. The summed E-state index contributed by atoms with van der Waals surface area (Å²) in [6.07, 6.45) is 0.904. The van der Waals surface area contributed by atoms with E-state index >= 15 is 0 Å². The number of carbonyl (C=O) groups excluding carboxylic acids is 5. The maximum atomic E-state index is 13.1. The molecule has 4 amide bonds. The zero-order valence-electron chi connectivity index (χ0n) is 24.6. The van der Waals surface area contributed by atoms with Crippen LogP contribution < -0.4 is 26.8 Å². The number of quaternary nitrogens is 1. The number of amides is 4. The van der Waals surface area contributed by atoms with Crippen LogP contribution in [0.1, 0.15) is 52.7 Å². The number of nitrogens with two attached hydrogens (primary N) is 2. The number of hydrogen-bond donors (Lipinski definition) is 4. The van der Waals surface area contributed by atoms with Crippen LogP contribution in [0, 0.1) is 0 Å². The number of carboxylic acid groups (broad SMARTS) is 1. The van der Waals surface area contributed by atoms with E-state index in [2.05, 4.69) is 25.7 Å². The van der Waals surface area contributed by atoms with Gasteiger partial charge in [0.25, 0.3) is 11.8 Å². The molecule has 0 aliphatic carbocycles. The predicted molar refractivity (Wildman–Crippen MR) is 152 cm³/mol. The number of ether oxygens (including phenoxy) is 3. The highest BCUT2D eigenvalue weighted by atomic mass is 32.1. The smallest absolute Gasteiger partial charge is 0.413 e. The van der Waals surface area contributed by atoms with E-state index in [-0.39, 0.29) is 35.0 Å². The number of aromatic nitrogens is 1. The number of allylic oxidation sites excluding steroid dienone is 1. The van der Waals surface area contributed by atoms with Crippen molar-refractivity contribution < 1.29 is 48.6 Å². The lowest BCUT2D eigenvalue weighted by Crippen LogP contribution is -2.87. The Morgan fingerprint density at radius 3 is 2.51 bits per heavy atom. The van der Waals surface area contributed by atoms with E-state index < -0.39 is 47.7 Å². The topological polar surface area (TPSA) is 219 Å². The number of carboxylic acids is 1. The molecule has 236 valence electrons. The maximum Gasteiger partial charge on any atom is 0.413 e. The number of hydrogen-bond acceptors (Lipinski definition) is 11. The molecule has 3 aliphatic heterocycles. The Kier molecular flexibility index (Phi) is 11.6. The molecular formula is C27H38N6O9S. The van der Waals surface area contributed by atoms with Crippen molar-refractivity contribution >= 4 is 52.0 Å². The van der Waals surface area contributed by atoms with E-state index in [4.69, 9.17) is 15.2 Å². The monoisotopic (exact) mass is 622 g/mol. The summed E-state index contributed by atoms with van der Waals surface area (Å²) in [4.78, 5) is 66.0. The fourth-order valence-electron chi connectivity index (χ4n) is 4.59. The minimum absolute atomic E-state index is 0.198. The average Bonchev–Trinajstić information content (AvgIpc) is 3.40. The van der Waals surface area contributed by atoms with Gasteiger partial charge in [-0.25, -0.2) is 14.6 Å². The van der Waals surface area contributed by atoms with Gasteiger partial charge in [0.15, 0.2) is 5.13 Å². The van der Waals surface area contributed by atoms with E-state index in [1.165, 1.54) is 0 Å². The normalized spacial score (nSPS) is 20.1. The SMILES string of the molecule is C1COCC[NH2+]1.CC/C=C(\C(=O)N[C@@H]1C(=O)N2C(C(=O)[O-])=C(COC(N)=O)CC[C@H]12)c1csc(NC(=O)OC(C)(C)C)n1. The molecule has 2 saturated heterocycles. The minimum Gasteiger partial charge on any atom is -0.543 e. The zero-order valence-corrected chi connectivity index (χ0v) is 25.4. The third-order valence-corrected chi connectivity index (χ3v) is 7.14. The molecule has 15 nitrogen and oxygen atoms in total. The zero-order chi connectivity index (χ0) is 31.7. The Balaban J connectivity index is 0.000000749. The molecule has 6 N–H and O–H groups in total. The van der Waals surface area contributed by atoms with Crippen molar-refractivity contribution in [3.63, 3.8) is 0 Å². The average molecular weight is 623 g/mol. The Hall–Kier alpha value is -4.02. The van der Waals surface area contributed by atoms with Crippen LogP contribution in [0.2, 0.25) is 0 Å². The molecule has 16 heteroatoms. The van der Waals surface area contributed by atoms with Gasteiger partial charge >= 0.3 is 12.2 Å². The lowest BCUT2D eigenvalue weighted by Gasteiger charge is -2.51. The highest BCUT2D eigenvalue weighted by molar-refractivity contribution is 7.14. The first-order valence-electron chi connectivity index (χ1n) is 13.9. The Bertz CT molecular complexity index is 1270. The highest BCUT2D eigenvalue weighted by Gasteiger charge is 2.52. The first kappa shape index (κ1) is 33.5. The number of fused-ring (bicyclic) bond motifs is 1. The molecule has 0 spiro atoms. The van der Waals surface area contributed by atoms with E-state index in [1.54, 1.807) is 32.2 Å². The fourth-order valence-corrected chi connectivity index (χ4v) is 5.29. The number of anilines is 1. The van der Waals surface area contributed by atoms with Crippen LogP contribution >= 0.6 is 11.3 Å². The lowest BCUT2D eigenvalue weighted by molar-refractivity contribution is -0.670. The van der Waals surface area contributed by atoms with Crippen molar-refractivity contribution in [2.75, 3.05) is 38.2 Å². The van der Waals surface area contributed by atoms with Crippen LogP contribution in [0.25, 0.3) is 5.57 Å². The number of morpholine rings is 1. The second-order valence-corrected chi connectivity index (χ2v) is 11.6. The third kappa shape index (κ3) is 9.23. The van der Waals surface area contributed by atoms with Gasteiger partial charge in [0.1, 0.15) is 18.2 Å². The van der Waals surface area contributed by atoms with Gasteiger partial charge in [-0.2, -0.15) is 0 Å². The van der Waals surface area contributed by atoms with Crippen LogP contribution in [0.4, 0.5) is 14.7 Å². The number of β-lactam (4-membered cyclic amide) rings is 1. The van der Waals surface area contributed by atoms with Crippen LogP contribution in [0.15, 0.2) is 22.7 Å². The molecule has 43 heavy (non-hydrogen) atoms. The Morgan fingerprint density at radius 1 is 1.28 bits per heavy atom. The molecule has 1 aromatic heterocycles. The standard InChI is InChI=1S/C23H29N5O8S.C4H9NO/c1-5-6-12(13-10-37-21(25-13)27-22(34)36-23(2,3)4)17(29)26-15-14-8-7-11(9-35-20(24)33)16(19(31)32)28(14)18(15)30;1-3-6-4-2-5-1/h6,10,14-15H,5,7-9H2,1-4H3,(H2,24,33)(H,26,29)(H,31,32)(H,25,27,34);5H,1-4H2/b12-6-;/t14-,15+;/m1./s1. The molecule has 0 radical (unpaired) electrons. The summed E-state index contributed by atoms with van der Waals surface area (Å²) in [5.74, 6) is -2.80. The summed E-state index contributed by atoms with van der Waals surface area (Å²) in [5, 5.41) is 21.0.